The molecule has 0 saturated carbocycles. The van der Waals surface area contributed by atoms with Gasteiger partial charge in [0.05, 0.1) is 0 Å². The van der Waals surface area contributed by atoms with Crippen LogP contribution in [0.1, 0.15) is 5.56 Å². The van der Waals surface area contributed by atoms with E-state index in [2.05, 4.69) is 0 Å². The third-order valence-corrected chi connectivity index (χ3v) is 3.15. The smallest absolute Gasteiger partial charge is 0.306 e. The fourth-order valence-corrected chi connectivity index (χ4v) is 2.03. The van der Waals surface area contributed by atoms with Gasteiger partial charge in [-0.1, -0.05) is 18.2 Å². The van der Waals surface area contributed by atoms with Crippen molar-refractivity contribution in [1.29, 1.82) is 0 Å². The van der Waals surface area contributed by atoms with E-state index in [0.717, 1.165) is 0 Å². The lowest BCUT2D eigenvalue weighted by molar-refractivity contribution is -0.343. The second-order valence-corrected chi connectivity index (χ2v) is 4.48. The molecular formula is C12H8F7NO. The highest BCUT2D eigenvalue weighted by molar-refractivity contribution is 6.00. The molecule has 1 heterocycles. The fourth-order valence-electron chi connectivity index (χ4n) is 2.03. The maximum atomic E-state index is 13.4. The minimum absolute atomic E-state index is 0.0832. The molecule has 0 aliphatic carbocycles. The Balaban J connectivity index is 2.37. The first-order valence-corrected chi connectivity index (χ1v) is 5.72. The van der Waals surface area contributed by atoms with Crippen LogP contribution in [-0.2, 0) is 11.2 Å². The summed E-state index contributed by atoms with van der Waals surface area (Å²) in [5.74, 6) is -14.9. The van der Waals surface area contributed by atoms with E-state index in [9.17, 15) is 35.5 Å². The normalized spacial score (nSPS) is 16.0. The Hall–Kier alpha value is -1.80. The number of rotatable bonds is 2. The molecule has 0 fully saturated rings. The molecule has 1 aliphatic heterocycles. The lowest BCUT2D eigenvalue weighted by Gasteiger charge is -2.30. The number of nitrogens with zero attached hydrogens (tertiary/aromatic N) is 1. The number of amides is 1. The number of anilines is 1. The average molecular weight is 315 g/mol. The van der Waals surface area contributed by atoms with Crippen molar-refractivity contribution in [1.82, 2.24) is 0 Å². The molecule has 1 aromatic rings. The summed E-state index contributed by atoms with van der Waals surface area (Å²) < 4.78 is 88.7. The lowest BCUT2D eigenvalue weighted by atomic mass is 10.1. The van der Waals surface area contributed by atoms with Gasteiger partial charge in [0.1, 0.15) is 0 Å². The summed E-state index contributed by atoms with van der Waals surface area (Å²) in [6.07, 6.45) is -6.42. The zero-order chi connectivity index (χ0) is 16.1. The number of halogens is 7. The van der Waals surface area contributed by atoms with E-state index in [0.29, 0.717) is 5.56 Å². The quantitative estimate of drug-likeness (QED) is 0.766. The van der Waals surface area contributed by atoms with Crippen LogP contribution in [0, 0.1) is 0 Å². The SMILES string of the molecule is O=C(N1CCc2ccccc21)C(F)(F)C(F)(F)C(F)(F)F. The molecule has 0 radical (unpaired) electrons. The number of carbonyl (C=O) groups is 1. The molecule has 116 valence electrons. The minimum atomic E-state index is -6.52. The third kappa shape index (κ3) is 2.24. The molecule has 0 N–H and O–H groups in total. The topological polar surface area (TPSA) is 20.3 Å². The van der Waals surface area contributed by atoms with E-state index in [4.69, 9.17) is 0 Å². The predicted octanol–water partition coefficient (Wildman–Crippen LogP) is 3.41. The van der Waals surface area contributed by atoms with E-state index in [1.54, 1.807) is 0 Å². The molecule has 0 unspecified atom stereocenters. The first-order chi connectivity index (χ1) is 9.50. The van der Waals surface area contributed by atoms with E-state index >= 15 is 0 Å². The number of para-hydroxylation sites is 1. The standard InChI is InChI=1S/C12H8F7NO/c13-10(14,11(15,16)12(17,18)19)9(21)20-6-5-7-3-1-2-4-8(7)20/h1-4H,5-6H2. The van der Waals surface area contributed by atoms with E-state index < -0.39 is 23.9 Å². The van der Waals surface area contributed by atoms with E-state index in [-0.39, 0.29) is 23.6 Å². The first kappa shape index (κ1) is 15.6. The van der Waals surface area contributed by atoms with Gasteiger partial charge in [-0.2, -0.15) is 30.7 Å². The van der Waals surface area contributed by atoms with Gasteiger partial charge >= 0.3 is 23.9 Å². The van der Waals surface area contributed by atoms with Crippen molar-refractivity contribution in [2.45, 2.75) is 24.4 Å². The Bertz CT molecular complexity index is 567. The Morgan fingerprint density at radius 2 is 1.57 bits per heavy atom. The highest BCUT2D eigenvalue weighted by atomic mass is 19.4. The van der Waals surface area contributed by atoms with Crippen molar-refractivity contribution in [2.24, 2.45) is 0 Å². The first-order valence-electron chi connectivity index (χ1n) is 5.72. The maximum absolute atomic E-state index is 13.4. The number of benzene rings is 1. The number of alkyl halides is 7. The summed E-state index contributed by atoms with van der Waals surface area (Å²) in [6.45, 7) is -0.373. The van der Waals surface area contributed by atoms with Crippen molar-refractivity contribution in [3.05, 3.63) is 29.8 Å². The van der Waals surface area contributed by atoms with E-state index in [1.807, 2.05) is 0 Å². The molecule has 1 aromatic carbocycles. The van der Waals surface area contributed by atoms with Crippen LogP contribution in [0.5, 0.6) is 0 Å². The molecule has 1 amide bonds. The Kier molecular flexibility index (Phi) is 3.42. The van der Waals surface area contributed by atoms with Crippen LogP contribution in [0.25, 0.3) is 0 Å². The summed E-state index contributed by atoms with van der Waals surface area (Å²) in [7, 11) is 0. The molecule has 2 nitrogen and oxygen atoms in total. The van der Waals surface area contributed by atoms with Crippen molar-refractivity contribution in [3.8, 4) is 0 Å². The summed E-state index contributed by atoms with van der Waals surface area (Å²) >= 11 is 0. The highest BCUT2D eigenvalue weighted by Crippen LogP contribution is 2.48. The van der Waals surface area contributed by atoms with Crippen molar-refractivity contribution in [3.63, 3.8) is 0 Å². The van der Waals surface area contributed by atoms with Gasteiger partial charge in [-0.3, -0.25) is 4.79 Å². The zero-order valence-electron chi connectivity index (χ0n) is 10.2. The number of carbonyl (C=O) groups excluding carboxylic acids is 1. The number of hydrogen-bond acceptors (Lipinski definition) is 1. The summed E-state index contributed by atoms with van der Waals surface area (Å²) in [6, 6.07) is 5.59. The van der Waals surface area contributed by atoms with Crippen LogP contribution in [-0.4, -0.2) is 30.5 Å². The van der Waals surface area contributed by atoms with E-state index in [1.165, 1.54) is 24.3 Å². The van der Waals surface area contributed by atoms with Crippen molar-refractivity contribution >= 4 is 11.6 Å². The summed E-state index contributed by atoms with van der Waals surface area (Å²) in [5.41, 5.74) is 0.345. The van der Waals surface area contributed by atoms with Crippen LogP contribution >= 0.6 is 0 Å². The van der Waals surface area contributed by atoms with Gasteiger partial charge in [0.15, 0.2) is 0 Å². The minimum Gasteiger partial charge on any atom is -0.306 e. The number of hydrogen-bond donors (Lipinski definition) is 0. The summed E-state index contributed by atoms with van der Waals surface area (Å²) in [4.78, 5) is 11.8. The molecule has 0 atom stereocenters. The fraction of sp³-hybridized carbons (Fsp3) is 0.417. The van der Waals surface area contributed by atoms with Crippen molar-refractivity contribution in [2.75, 3.05) is 11.4 Å². The lowest BCUT2D eigenvalue weighted by Crippen LogP contribution is -2.60. The molecule has 0 aromatic heterocycles. The van der Waals surface area contributed by atoms with Crippen LogP contribution in [0.3, 0.4) is 0 Å². The molecule has 2 rings (SSSR count). The maximum Gasteiger partial charge on any atom is 0.460 e. The average Bonchev–Trinajstić information content (AvgIpc) is 2.79. The van der Waals surface area contributed by atoms with Gasteiger partial charge in [-0.05, 0) is 18.1 Å². The molecule has 0 spiro atoms. The second-order valence-electron chi connectivity index (χ2n) is 4.48. The van der Waals surface area contributed by atoms with Crippen molar-refractivity contribution < 1.29 is 35.5 Å². The molecule has 0 saturated heterocycles. The molecule has 0 bridgehead atoms. The Labute approximate surface area is 114 Å². The number of fused-ring (bicyclic) bond motifs is 1. The largest absolute Gasteiger partial charge is 0.460 e. The predicted molar refractivity (Wildman–Crippen MR) is 58.4 cm³/mol. The van der Waals surface area contributed by atoms with Gasteiger partial charge in [0, 0.05) is 12.2 Å². The van der Waals surface area contributed by atoms with Gasteiger partial charge < -0.3 is 4.90 Å². The Morgan fingerprint density at radius 1 is 1.00 bits per heavy atom. The van der Waals surface area contributed by atoms with Gasteiger partial charge in [-0.25, -0.2) is 0 Å². The van der Waals surface area contributed by atoms with Gasteiger partial charge in [-0.15, -0.1) is 0 Å². The van der Waals surface area contributed by atoms with Crippen LogP contribution in [0.4, 0.5) is 36.4 Å². The summed E-state index contributed by atoms with van der Waals surface area (Å²) in [5, 5.41) is 0. The molecular weight excluding hydrogens is 307 g/mol. The molecule has 1 aliphatic rings. The monoisotopic (exact) mass is 315 g/mol. The Morgan fingerprint density at radius 3 is 2.14 bits per heavy atom. The highest BCUT2D eigenvalue weighted by Gasteiger charge is 2.77. The van der Waals surface area contributed by atoms with Crippen LogP contribution in [0.15, 0.2) is 24.3 Å². The van der Waals surface area contributed by atoms with Crippen LogP contribution < -0.4 is 4.90 Å². The third-order valence-electron chi connectivity index (χ3n) is 3.15. The second kappa shape index (κ2) is 4.60. The molecule has 9 heteroatoms. The zero-order valence-corrected chi connectivity index (χ0v) is 10.2. The van der Waals surface area contributed by atoms with Crippen LogP contribution in [0.2, 0.25) is 0 Å². The molecule has 21 heavy (non-hydrogen) atoms. The van der Waals surface area contributed by atoms with Gasteiger partial charge in [0.25, 0.3) is 0 Å². The van der Waals surface area contributed by atoms with Gasteiger partial charge in [0.2, 0.25) is 0 Å².